The standard InChI is InChI=1S/C16H14BrFO3/c1-20-10-3-4-11-14(19)8-15(21-16(11)7-10)9-2-5-12(17)13(18)6-9/h2-7,14-15,19H,8H2,1H3. The average Bonchev–Trinajstić information content (AvgIpc) is 2.49. The number of aliphatic hydroxyl groups excluding tert-OH is 1. The minimum Gasteiger partial charge on any atom is -0.497 e. The quantitative estimate of drug-likeness (QED) is 0.882. The number of methoxy groups -OCH3 is 1. The van der Waals surface area contributed by atoms with Crippen molar-refractivity contribution in [3.63, 3.8) is 0 Å². The lowest BCUT2D eigenvalue weighted by Gasteiger charge is -2.30. The summed E-state index contributed by atoms with van der Waals surface area (Å²) in [7, 11) is 1.57. The zero-order valence-electron chi connectivity index (χ0n) is 11.3. The highest BCUT2D eigenvalue weighted by Gasteiger charge is 2.28. The van der Waals surface area contributed by atoms with E-state index in [-0.39, 0.29) is 11.9 Å². The SMILES string of the molecule is COc1ccc2c(c1)OC(c1ccc(Br)c(F)c1)CC2O. The summed E-state index contributed by atoms with van der Waals surface area (Å²) in [5, 5.41) is 10.3. The lowest BCUT2D eigenvalue weighted by molar-refractivity contribution is 0.0653. The van der Waals surface area contributed by atoms with Crippen LogP contribution in [0.2, 0.25) is 0 Å². The second-order valence-corrected chi connectivity index (χ2v) is 5.79. The van der Waals surface area contributed by atoms with Gasteiger partial charge in [0.1, 0.15) is 23.4 Å². The summed E-state index contributed by atoms with van der Waals surface area (Å²) in [6.45, 7) is 0. The molecule has 0 saturated carbocycles. The summed E-state index contributed by atoms with van der Waals surface area (Å²) in [5.41, 5.74) is 1.42. The second kappa shape index (κ2) is 5.66. The van der Waals surface area contributed by atoms with Gasteiger partial charge in [-0.2, -0.15) is 0 Å². The Labute approximate surface area is 130 Å². The van der Waals surface area contributed by atoms with Crippen LogP contribution in [0.4, 0.5) is 4.39 Å². The maximum Gasteiger partial charge on any atom is 0.137 e. The fraction of sp³-hybridized carbons (Fsp3) is 0.250. The number of fused-ring (bicyclic) bond motifs is 1. The van der Waals surface area contributed by atoms with Gasteiger partial charge in [-0.05, 0) is 45.8 Å². The maximum atomic E-state index is 13.7. The molecule has 110 valence electrons. The van der Waals surface area contributed by atoms with Gasteiger partial charge < -0.3 is 14.6 Å². The largest absolute Gasteiger partial charge is 0.497 e. The molecule has 3 rings (SSSR count). The van der Waals surface area contributed by atoms with Gasteiger partial charge in [-0.3, -0.25) is 0 Å². The van der Waals surface area contributed by atoms with Crippen LogP contribution in [0.1, 0.15) is 29.8 Å². The zero-order valence-corrected chi connectivity index (χ0v) is 12.9. The van der Waals surface area contributed by atoms with Gasteiger partial charge in [0.25, 0.3) is 0 Å². The highest BCUT2D eigenvalue weighted by atomic mass is 79.9. The first kappa shape index (κ1) is 14.4. The van der Waals surface area contributed by atoms with Crippen molar-refractivity contribution in [1.29, 1.82) is 0 Å². The van der Waals surface area contributed by atoms with Crippen LogP contribution in [0, 0.1) is 5.82 Å². The topological polar surface area (TPSA) is 38.7 Å². The van der Waals surface area contributed by atoms with E-state index in [0.717, 1.165) is 5.56 Å². The molecule has 2 aromatic carbocycles. The van der Waals surface area contributed by atoms with Crippen LogP contribution >= 0.6 is 15.9 Å². The Kier molecular flexibility index (Phi) is 3.87. The molecule has 0 saturated heterocycles. The minimum absolute atomic E-state index is 0.345. The van der Waals surface area contributed by atoms with E-state index in [1.54, 1.807) is 37.4 Å². The highest BCUT2D eigenvalue weighted by molar-refractivity contribution is 9.10. The molecule has 2 atom stereocenters. The molecular weight excluding hydrogens is 339 g/mol. The van der Waals surface area contributed by atoms with Gasteiger partial charge >= 0.3 is 0 Å². The van der Waals surface area contributed by atoms with E-state index < -0.39 is 6.10 Å². The summed E-state index contributed by atoms with van der Waals surface area (Å²) >= 11 is 3.13. The molecule has 0 aromatic heterocycles. The fourth-order valence-electron chi connectivity index (χ4n) is 2.47. The molecule has 1 heterocycles. The molecule has 21 heavy (non-hydrogen) atoms. The highest BCUT2D eigenvalue weighted by Crippen LogP contribution is 2.42. The summed E-state index contributed by atoms with van der Waals surface area (Å²) in [5.74, 6) is 0.882. The van der Waals surface area contributed by atoms with E-state index >= 15 is 0 Å². The van der Waals surface area contributed by atoms with Crippen molar-refractivity contribution in [2.24, 2.45) is 0 Å². The Morgan fingerprint density at radius 1 is 1.29 bits per heavy atom. The number of aliphatic hydroxyl groups is 1. The summed E-state index contributed by atoms with van der Waals surface area (Å²) in [6, 6.07) is 10.2. The summed E-state index contributed by atoms with van der Waals surface area (Å²) in [6.07, 6.45) is -0.640. The molecule has 0 fully saturated rings. The predicted octanol–water partition coefficient (Wildman–Crippen LogP) is 4.15. The van der Waals surface area contributed by atoms with Crippen molar-refractivity contribution in [2.45, 2.75) is 18.6 Å². The Morgan fingerprint density at radius 3 is 2.81 bits per heavy atom. The van der Waals surface area contributed by atoms with Gasteiger partial charge in [0, 0.05) is 18.1 Å². The molecule has 0 amide bonds. The molecule has 1 aliphatic heterocycles. The van der Waals surface area contributed by atoms with Gasteiger partial charge in [0.15, 0.2) is 0 Å². The van der Waals surface area contributed by atoms with Gasteiger partial charge in [-0.1, -0.05) is 6.07 Å². The van der Waals surface area contributed by atoms with Crippen molar-refractivity contribution in [3.05, 3.63) is 57.8 Å². The van der Waals surface area contributed by atoms with Gasteiger partial charge in [-0.15, -0.1) is 0 Å². The molecule has 2 aromatic rings. The van der Waals surface area contributed by atoms with Crippen molar-refractivity contribution in [1.82, 2.24) is 0 Å². The minimum atomic E-state index is -0.642. The number of hydrogen-bond donors (Lipinski definition) is 1. The third kappa shape index (κ3) is 2.76. The average molecular weight is 353 g/mol. The fourth-order valence-corrected chi connectivity index (χ4v) is 2.71. The molecule has 1 N–H and O–H groups in total. The van der Waals surface area contributed by atoms with Crippen LogP contribution in [0.15, 0.2) is 40.9 Å². The Hall–Kier alpha value is -1.59. The molecule has 3 nitrogen and oxygen atoms in total. The Morgan fingerprint density at radius 2 is 2.10 bits per heavy atom. The number of benzene rings is 2. The zero-order chi connectivity index (χ0) is 15.0. The molecule has 5 heteroatoms. The molecule has 1 aliphatic rings. The van der Waals surface area contributed by atoms with Crippen LogP contribution in [-0.2, 0) is 0 Å². The van der Waals surface area contributed by atoms with Crippen molar-refractivity contribution < 1.29 is 19.0 Å². The van der Waals surface area contributed by atoms with E-state index in [9.17, 15) is 9.50 Å². The Balaban J connectivity index is 1.94. The van der Waals surface area contributed by atoms with E-state index in [4.69, 9.17) is 9.47 Å². The molecule has 0 radical (unpaired) electrons. The van der Waals surface area contributed by atoms with Crippen LogP contribution in [-0.4, -0.2) is 12.2 Å². The van der Waals surface area contributed by atoms with Crippen molar-refractivity contribution in [2.75, 3.05) is 7.11 Å². The molecular formula is C16H14BrFO3. The predicted molar refractivity (Wildman–Crippen MR) is 80.0 cm³/mol. The first-order chi connectivity index (χ1) is 10.1. The number of hydrogen-bond acceptors (Lipinski definition) is 3. The third-order valence-electron chi connectivity index (χ3n) is 3.60. The van der Waals surface area contributed by atoms with Crippen LogP contribution in [0.5, 0.6) is 11.5 Å². The normalized spacial score (nSPS) is 20.6. The number of ether oxygens (including phenoxy) is 2. The van der Waals surface area contributed by atoms with Crippen LogP contribution in [0.3, 0.4) is 0 Å². The van der Waals surface area contributed by atoms with Gasteiger partial charge in [-0.25, -0.2) is 4.39 Å². The van der Waals surface area contributed by atoms with Gasteiger partial charge in [0.2, 0.25) is 0 Å². The second-order valence-electron chi connectivity index (χ2n) is 4.94. The monoisotopic (exact) mass is 352 g/mol. The smallest absolute Gasteiger partial charge is 0.137 e. The lowest BCUT2D eigenvalue weighted by atomic mass is 9.95. The molecule has 0 bridgehead atoms. The Bertz CT molecular complexity index is 675. The first-order valence-corrected chi connectivity index (χ1v) is 7.35. The maximum absolute atomic E-state index is 13.7. The molecule has 0 aliphatic carbocycles. The lowest BCUT2D eigenvalue weighted by Crippen LogP contribution is -2.19. The van der Waals surface area contributed by atoms with Crippen molar-refractivity contribution in [3.8, 4) is 11.5 Å². The summed E-state index contributed by atoms with van der Waals surface area (Å²) in [4.78, 5) is 0. The molecule has 2 unspecified atom stereocenters. The van der Waals surface area contributed by atoms with E-state index in [1.807, 2.05) is 0 Å². The van der Waals surface area contributed by atoms with E-state index in [2.05, 4.69) is 15.9 Å². The van der Waals surface area contributed by atoms with Crippen LogP contribution in [0.25, 0.3) is 0 Å². The van der Waals surface area contributed by atoms with E-state index in [0.29, 0.717) is 28.0 Å². The van der Waals surface area contributed by atoms with Crippen LogP contribution < -0.4 is 9.47 Å². The number of halogens is 2. The first-order valence-electron chi connectivity index (χ1n) is 6.56. The van der Waals surface area contributed by atoms with Crippen molar-refractivity contribution >= 4 is 15.9 Å². The van der Waals surface area contributed by atoms with E-state index in [1.165, 1.54) is 6.07 Å². The molecule has 0 spiro atoms. The van der Waals surface area contributed by atoms with Gasteiger partial charge in [0.05, 0.1) is 17.7 Å². The number of rotatable bonds is 2. The summed E-state index contributed by atoms with van der Waals surface area (Å²) < 4.78 is 25.1. The third-order valence-corrected chi connectivity index (χ3v) is 4.24.